The van der Waals surface area contributed by atoms with E-state index in [1.165, 1.54) is 0 Å². The molecule has 1 aliphatic rings. The van der Waals surface area contributed by atoms with Gasteiger partial charge in [0.15, 0.2) is 0 Å². The van der Waals surface area contributed by atoms with Gasteiger partial charge in [-0.3, -0.25) is 4.79 Å². The number of thiophene rings is 1. The average molecular weight is 234 g/mol. The Morgan fingerprint density at radius 1 is 1.38 bits per heavy atom. The summed E-state index contributed by atoms with van der Waals surface area (Å²) in [5, 5.41) is 10.0. The topological polar surface area (TPSA) is 69.8 Å². The lowest BCUT2D eigenvalue weighted by atomic mass is 10.1. The Balaban J connectivity index is 1.80. The molecule has 82 valence electrons. The van der Waals surface area contributed by atoms with Crippen LogP contribution in [-0.2, 0) is 11.2 Å². The highest BCUT2D eigenvalue weighted by Gasteiger charge is 2.26. The summed E-state index contributed by atoms with van der Waals surface area (Å²) in [6.45, 7) is 0. The van der Waals surface area contributed by atoms with Gasteiger partial charge in [0.2, 0.25) is 5.91 Å². The van der Waals surface area contributed by atoms with Crippen molar-refractivity contribution in [2.75, 3.05) is 10.6 Å². The zero-order valence-electron chi connectivity index (χ0n) is 8.36. The summed E-state index contributed by atoms with van der Waals surface area (Å²) < 4.78 is 0. The van der Waals surface area contributed by atoms with Gasteiger partial charge in [0, 0.05) is 29.1 Å². The van der Waals surface area contributed by atoms with E-state index in [2.05, 4.69) is 20.6 Å². The van der Waals surface area contributed by atoms with Gasteiger partial charge in [-0.15, -0.1) is 11.3 Å². The van der Waals surface area contributed by atoms with Crippen LogP contribution >= 0.6 is 11.3 Å². The van der Waals surface area contributed by atoms with Gasteiger partial charge in [-0.25, -0.2) is 4.98 Å². The van der Waals surface area contributed by atoms with E-state index in [0.717, 1.165) is 17.1 Å². The van der Waals surface area contributed by atoms with Crippen LogP contribution in [0.2, 0.25) is 0 Å². The van der Waals surface area contributed by atoms with Crippen molar-refractivity contribution in [3.05, 3.63) is 29.0 Å². The van der Waals surface area contributed by atoms with E-state index in [0.29, 0.717) is 6.42 Å². The van der Waals surface area contributed by atoms with Crippen molar-refractivity contribution in [1.82, 2.24) is 9.97 Å². The van der Waals surface area contributed by atoms with Crippen LogP contribution < -0.4 is 10.6 Å². The molecule has 0 saturated heterocycles. The second-order valence-corrected chi connectivity index (χ2v) is 4.41. The normalized spacial score (nSPS) is 18.8. The molecule has 0 fully saturated rings. The van der Waals surface area contributed by atoms with Crippen LogP contribution in [0.4, 0.5) is 11.4 Å². The molecule has 1 atom stereocenters. The number of hydrogen-bond donors (Lipinski definition) is 3. The molecule has 6 heteroatoms. The van der Waals surface area contributed by atoms with E-state index in [9.17, 15) is 4.79 Å². The number of carbonyl (C=O) groups excluding carboxylic acids is 1. The summed E-state index contributed by atoms with van der Waals surface area (Å²) in [7, 11) is 0. The highest BCUT2D eigenvalue weighted by atomic mass is 32.1. The Hall–Kier alpha value is -1.82. The quantitative estimate of drug-likeness (QED) is 0.736. The number of carbonyl (C=O) groups is 1. The summed E-state index contributed by atoms with van der Waals surface area (Å²) in [5.41, 5.74) is 2.82. The molecule has 3 heterocycles. The molecule has 0 bridgehead atoms. The number of anilines is 2. The Morgan fingerprint density at radius 3 is 3.06 bits per heavy atom. The van der Waals surface area contributed by atoms with Crippen LogP contribution in [0.5, 0.6) is 0 Å². The predicted octanol–water partition coefficient (Wildman–Crippen LogP) is 1.45. The maximum Gasteiger partial charge on any atom is 0.247 e. The maximum atomic E-state index is 11.8. The molecule has 1 aliphatic heterocycles. The van der Waals surface area contributed by atoms with Crippen molar-refractivity contribution in [2.24, 2.45) is 0 Å². The van der Waals surface area contributed by atoms with Gasteiger partial charge in [0.1, 0.15) is 6.04 Å². The predicted molar refractivity (Wildman–Crippen MR) is 62.7 cm³/mol. The first-order valence-electron chi connectivity index (χ1n) is 4.94. The number of aromatic nitrogens is 2. The number of aromatic amines is 1. The smallest absolute Gasteiger partial charge is 0.247 e. The van der Waals surface area contributed by atoms with Crippen molar-refractivity contribution in [2.45, 2.75) is 12.5 Å². The van der Waals surface area contributed by atoms with Crippen LogP contribution in [0.15, 0.2) is 23.3 Å². The molecule has 0 radical (unpaired) electrons. The van der Waals surface area contributed by atoms with E-state index in [-0.39, 0.29) is 11.9 Å². The van der Waals surface area contributed by atoms with Crippen molar-refractivity contribution in [1.29, 1.82) is 0 Å². The fraction of sp³-hybridized carbons (Fsp3) is 0.200. The first kappa shape index (κ1) is 9.41. The minimum absolute atomic E-state index is 0.000463. The van der Waals surface area contributed by atoms with Crippen LogP contribution in [0.25, 0.3) is 0 Å². The van der Waals surface area contributed by atoms with Crippen molar-refractivity contribution >= 4 is 28.6 Å². The largest absolute Gasteiger partial charge is 0.371 e. The lowest BCUT2D eigenvalue weighted by Gasteiger charge is -2.24. The number of rotatable bonds is 2. The number of hydrogen-bond acceptors (Lipinski definition) is 4. The third kappa shape index (κ3) is 1.57. The molecule has 0 aliphatic carbocycles. The SMILES string of the molecule is O=C1Nc2cscc2N[C@H]1Cc1cnc[nH]1. The molecule has 0 aromatic carbocycles. The molecule has 0 saturated carbocycles. The highest BCUT2D eigenvalue weighted by molar-refractivity contribution is 7.09. The van der Waals surface area contributed by atoms with E-state index < -0.39 is 0 Å². The Morgan fingerprint density at radius 2 is 2.25 bits per heavy atom. The van der Waals surface area contributed by atoms with E-state index >= 15 is 0 Å². The lowest BCUT2D eigenvalue weighted by molar-refractivity contribution is -0.117. The number of imidazole rings is 1. The van der Waals surface area contributed by atoms with E-state index in [4.69, 9.17) is 0 Å². The third-order valence-corrected chi connectivity index (χ3v) is 3.29. The summed E-state index contributed by atoms with van der Waals surface area (Å²) in [6.07, 6.45) is 3.96. The molecule has 2 aromatic rings. The average Bonchev–Trinajstić information content (AvgIpc) is 2.89. The molecule has 0 spiro atoms. The third-order valence-electron chi connectivity index (χ3n) is 2.54. The number of nitrogens with one attached hydrogen (secondary N) is 3. The Labute approximate surface area is 95.9 Å². The number of fused-ring (bicyclic) bond motifs is 1. The minimum atomic E-state index is -0.234. The molecule has 3 rings (SSSR count). The van der Waals surface area contributed by atoms with E-state index in [1.807, 2.05) is 10.8 Å². The molecule has 0 unspecified atom stereocenters. The van der Waals surface area contributed by atoms with Crippen LogP contribution in [0, 0.1) is 0 Å². The van der Waals surface area contributed by atoms with E-state index in [1.54, 1.807) is 23.9 Å². The monoisotopic (exact) mass is 234 g/mol. The van der Waals surface area contributed by atoms with Crippen molar-refractivity contribution in [3.8, 4) is 0 Å². The standard InChI is InChI=1S/C10H10N4OS/c15-10-7(1-6-2-11-5-12-6)13-8-3-16-4-9(8)14-10/h2-5,7,13H,1H2,(H,11,12)(H,14,15)/t7-/m0/s1. The second kappa shape index (κ2) is 3.64. The Bertz CT molecular complexity index is 505. The molecule has 3 N–H and O–H groups in total. The zero-order valence-corrected chi connectivity index (χ0v) is 9.17. The molecule has 1 amide bonds. The molecule has 5 nitrogen and oxygen atoms in total. The highest BCUT2D eigenvalue weighted by Crippen LogP contribution is 2.30. The second-order valence-electron chi connectivity index (χ2n) is 3.67. The summed E-state index contributed by atoms with van der Waals surface area (Å²) in [5.74, 6) is 0.000463. The van der Waals surface area contributed by atoms with Crippen LogP contribution in [0.1, 0.15) is 5.69 Å². The van der Waals surface area contributed by atoms with Gasteiger partial charge in [-0.2, -0.15) is 0 Å². The number of H-pyrrole nitrogens is 1. The summed E-state index contributed by atoms with van der Waals surface area (Å²) in [6, 6.07) is -0.234. The van der Waals surface area contributed by atoms with Gasteiger partial charge in [-0.05, 0) is 0 Å². The maximum absolute atomic E-state index is 11.8. The molecule has 16 heavy (non-hydrogen) atoms. The van der Waals surface area contributed by atoms with Crippen LogP contribution in [0.3, 0.4) is 0 Å². The van der Waals surface area contributed by atoms with Gasteiger partial charge in [0.05, 0.1) is 17.7 Å². The number of amides is 1. The zero-order chi connectivity index (χ0) is 11.0. The van der Waals surface area contributed by atoms with Gasteiger partial charge >= 0.3 is 0 Å². The van der Waals surface area contributed by atoms with Crippen LogP contribution in [-0.4, -0.2) is 21.9 Å². The van der Waals surface area contributed by atoms with Gasteiger partial charge in [0.25, 0.3) is 0 Å². The summed E-state index contributed by atoms with van der Waals surface area (Å²) in [4.78, 5) is 18.7. The van der Waals surface area contributed by atoms with Gasteiger partial charge < -0.3 is 15.6 Å². The van der Waals surface area contributed by atoms with Gasteiger partial charge in [-0.1, -0.05) is 0 Å². The molecule has 2 aromatic heterocycles. The first-order valence-corrected chi connectivity index (χ1v) is 5.88. The Kier molecular flexibility index (Phi) is 2.14. The fourth-order valence-electron chi connectivity index (χ4n) is 1.74. The molecular weight excluding hydrogens is 224 g/mol. The molecular formula is C10H10N4OS. The van der Waals surface area contributed by atoms with Crippen molar-refractivity contribution in [3.63, 3.8) is 0 Å². The summed E-state index contributed by atoms with van der Waals surface area (Å²) >= 11 is 1.57. The van der Waals surface area contributed by atoms with Crippen molar-refractivity contribution < 1.29 is 4.79 Å². The first-order chi connectivity index (χ1) is 7.83. The number of nitrogens with zero attached hydrogens (tertiary/aromatic N) is 1. The minimum Gasteiger partial charge on any atom is -0.371 e. The fourth-order valence-corrected chi connectivity index (χ4v) is 2.46. The lowest BCUT2D eigenvalue weighted by Crippen LogP contribution is -2.39.